The molecule has 1 fully saturated rings. The largest absolute Gasteiger partial charge is 0.368 e. The lowest BCUT2D eigenvalue weighted by molar-refractivity contribution is -0.124. The second kappa shape index (κ2) is 7.25. The van der Waals surface area contributed by atoms with Crippen molar-refractivity contribution in [2.45, 2.75) is 64.5 Å². The maximum Gasteiger partial charge on any atom is 0.237 e. The molecule has 0 aromatic heterocycles. The van der Waals surface area contributed by atoms with Gasteiger partial charge in [0, 0.05) is 19.1 Å². The molecule has 1 saturated carbocycles. The van der Waals surface area contributed by atoms with E-state index in [4.69, 9.17) is 5.73 Å². The van der Waals surface area contributed by atoms with E-state index in [1.165, 1.54) is 25.7 Å². The van der Waals surface area contributed by atoms with Gasteiger partial charge < -0.3 is 16.0 Å². The number of likely N-dealkylation sites (N-methyl/N-ethyl adjacent to an activating group) is 1. The van der Waals surface area contributed by atoms with Crippen LogP contribution >= 0.6 is 0 Å². The smallest absolute Gasteiger partial charge is 0.237 e. The molecular weight excluding hydrogens is 238 g/mol. The average molecular weight is 269 g/mol. The highest BCUT2D eigenvalue weighted by atomic mass is 16.1. The summed E-state index contributed by atoms with van der Waals surface area (Å²) < 4.78 is 0. The third-order valence-electron chi connectivity index (χ3n) is 4.44. The third-order valence-corrected chi connectivity index (χ3v) is 4.44. The highest BCUT2D eigenvalue weighted by Gasteiger charge is 2.31. The molecule has 0 aliphatic heterocycles. The Hall–Kier alpha value is -0.610. The molecule has 1 rings (SSSR count). The summed E-state index contributed by atoms with van der Waals surface area (Å²) in [5.41, 5.74) is 4.91. The summed E-state index contributed by atoms with van der Waals surface area (Å²) in [5, 5.41) is 3.08. The molecule has 0 aromatic carbocycles. The molecular formula is C15H31N3O. The van der Waals surface area contributed by atoms with E-state index in [2.05, 4.69) is 24.1 Å². The molecule has 19 heavy (non-hydrogen) atoms. The van der Waals surface area contributed by atoms with E-state index in [0.717, 1.165) is 19.5 Å². The first-order valence-electron chi connectivity index (χ1n) is 7.62. The zero-order valence-corrected chi connectivity index (χ0v) is 13.0. The van der Waals surface area contributed by atoms with E-state index >= 15 is 0 Å². The van der Waals surface area contributed by atoms with Gasteiger partial charge in [0.05, 0.1) is 5.54 Å². The van der Waals surface area contributed by atoms with Gasteiger partial charge in [-0.25, -0.2) is 0 Å². The van der Waals surface area contributed by atoms with Crippen molar-refractivity contribution in [1.29, 1.82) is 0 Å². The minimum Gasteiger partial charge on any atom is -0.368 e. The molecule has 1 amide bonds. The van der Waals surface area contributed by atoms with Crippen LogP contribution in [-0.4, -0.2) is 42.5 Å². The number of nitrogens with one attached hydrogen (secondary N) is 1. The number of nitrogens with two attached hydrogens (primary N) is 1. The lowest BCUT2D eigenvalue weighted by Crippen LogP contribution is -2.53. The second-order valence-corrected chi connectivity index (χ2v) is 6.52. The third kappa shape index (κ3) is 4.77. The molecule has 4 heteroatoms. The van der Waals surface area contributed by atoms with Gasteiger partial charge in [0.25, 0.3) is 0 Å². The molecule has 112 valence electrons. The number of rotatable bonds is 8. The number of carbonyl (C=O) groups is 1. The first kappa shape index (κ1) is 16.4. The van der Waals surface area contributed by atoms with Crippen LogP contribution in [0.25, 0.3) is 0 Å². The maximum absolute atomic E-state index is 11.5. The van der Waals surface area contributed by atoms with E-state index in [1.54, 1.807) is 0 Å². The molecule has 3 N–H and O–H groups in total. The Kier molecular flexibility index (Phi) is 6.27. The van der Waals surface area contributed by atoms with Crippen LogP contribution in [0, 0.1) is 5.92 Å². The Balaban J connectivity index is 2.59. The number of nitrogens with zero attached hydrogens (tertiary/aromatic N) is 1. The van der Waals surface area contributed by atoms with Crippen molar-refractivity contribution in [3.8, 4) is 0 Å². The van der Waals surface area contributed by atoms with E-state index in [0.29, 0.717) is 12.0 Å². The second-order valence-electron chi connectivity index (χ2n) is 6.52. The van der Waals surface area contributed by atoms with Crippen molar-refractivity contribution in [3.63, 3.8) is 0 Å². The zero-order chi connectivity index (χ0) is 14.5. The summed E-state index contributed by atoms with van der Waals surface area (Å²) in [5.74, 6) is 0.404. The Labute approximate surface area is 118 Å². The number of hydrogen-bond acceptors (Lipinski definition) is 3. The van der Waals surface area contributed by atoms with Gasteiger partial charge >= 0.3 is 0 Å². The van der Waals surface area contributed by atoms with Crippen LogP contribution in [-0.2, 0) is 4.79 Å². The molecule has 0 spiro atoms. The summed E-state index contributed by atoms with van der Waals surface area (Å²) in [6.45, 7) is 8.48. The van der Waals surface area contributed by atoms with Crippen LogP contribution in [0.4, 0.5) is 0 Å². The molecule has 1 unspecified atom stereocenters. The zero-order valence-electron chi connectivity index (χ0n) is 13.0. The van der Waals surface area contributed by atoms with E-state index in [-0.39, 0.29) is 5.91 Å². The van der Waals surface area contributed by atoms with Crippen LogP contribution in [0.3, 0.4) is 0 Å². The molecule has 0 saturated heterocycles. The Morgan fingerprint density at radius 1 is 1.42 bits per heavy atom. The maximum atomic E-state index is 11.5. The first-order chi connectivity index (χ1) is 8.89. The Bertz CT molecular complexity index is 287. The van der Waals surface area contributed by atoms with Gasteiger partial charge in [0.15, 0.2) is 0 Å². The normalized spacial score (nSPS) is 20.1. The summed E-state index contributed by atoms with van der Waals surface area (Å²) in [4.78, 5) is 14.1. The summed E-state index contributed by atoms with van der Waals surface area (Å²) in [7, 11) is 1.81. The molecule has 1 aliphatic carbocycles. The lowest BCUT2D eigenvalue weighted by atomic mass is 9.96. The summed E-state index contributed by atoms with van der Waals surface area (Å²) in [6, 6.07) is 0.705. The van der Waals surface area contributed by atoms with E-state index < -0.39 is 5.54 Å². The van der Waals surface area contributed by atoms with Gasteiger partial charge in [-0.1, -0.05) is 26.7 Å². The molecule has 1 atom stereocenters. The fourth-order valence-electron chi connectivity index (χ4n) is 2.90. The van der Waals surface area contributed by atoms with Gasteiger partial charge in [-0.05, 0) is 39.2 Å². The van der Waals surface area contributed by atoms with Crippen molar-refractivity contribution in [2.24, 2.45) is 11.7 Å². The van der Waals surface area contributed by atoms with Crippen LogP contribution in [0.15, 0.2) is 0 Å². The Morgan fingerprint density at radius 2 is 2.00 bits per heavy atom. The molecule has 0 bridgehead atoms. The molecule has 0 aromatic rings. The highest BCUT2D eigenvalue weighted by molar-refractivity contribution is 5.84. The monoisotopic (exact) mass is 269 g/mol. The molecule has 0 radical (unpaired) electrons. The van der Waals surface area contributed by atoms with Crippen molar-refractivity contribution >= 4 is 5.91 Å². The van der Waals surface area contributed by atoms with Gasteiger partial charge in [0.1, 0.15) is 0 Å². The van der Waals surface area contributed by atoms with E-state index in [1.807, 2.05) is 14.0 Å². The van der Waals surface area contributed by atoms with Crippen molar-refractivity contribution < 1.29 is 4.79 Å². The summed E-state index contributed by atoms with van der Waals surface area (Å²) in [6.07, 6.45) is 6.08. The standard InChI is InChI=1S/C15H31N3O/c1-12(2)11-18(13-7-5-6-8-13)10-9-15(3,17-4)14(16)19/h12-13,17H,5-11H2,1-4H3,(H2,16,19). The fourth-order valence-corrected chi connectivity index (χ4v) is 2.90. The number of hydrogen-bond donors (Lipinski definition) is 2. The predicted molar refractivity (Wildman–Crippen MR) is 79.9 cm³/mol. The van der Waals surface area contributed by atoms with Gasteiger partial charge in [-0.15, -0.1) is 0 Å². The van der Waals surface area contributed by atoms with Gasteiger partial charge in [0.2, 0.25) is 5.91 Å². The lowest BCUT2D eigenvalue weighted by Gasteiger charge is -2.34. The van der Waals surface area contributed by atoms with E-state index in [9.17, 15) is 4.79 Å². The number of amides is 1. The highest BCUT2D eigenvalue weighted by Crippen LogP contribution is 2.25. The number of primary amides is 1. The number of carbonyl (C=O) groups excluding carboxylic acids is 1. The fraction of sp³-hybridized carbons (Fsp3) is 0.933. The first-order valence-corrected chi connectivity index (χ1v) is 7.62. The minimum atomic E-state index is -0.589. The molecule has 1 aliphatic rings. The van der Waals surface area contributed by atoms with Gasteiger partial charge in [-0.3, -0.25) is 4.79 Å². The Morgan fingerprint density at radius 3 is 2.42 bits per heavy atom. The predicted octanol–water partition coefficient (Wildman–Crippen LogP) is 1.74. The minimum absolute atomic E-state index is 0.258. The van der Waals surface area contributed by atoms with Crippen LogP contribution in [0.5, 0.6) is 0 Å². The average Bonchev–Trinajstić information content (AvgIpc) is 2.87. The van der Waals surface area contributed by atoms with Crippen molar-refractivity contribution in [3.05, 3.63) is 0 Å². The quantitative estimate of drug-likeness (QED) is 0.705. The molecule has 4 nitrogen and oxygen atoms in total. The topological polar surface area (TPSA) is 58.4 Å². The summed E-state index contributed by atoms with van der Waals surface area (Å²) >= 11 is 0. The molecule has 0 heterocycles. The van der Waals surface area contributed by atoms with Crippen LogP contribution in [0.2, 0.25) is 0 Å². The van der Waals surface area contributed by atoms with Crippen LogP contribution < -0.4 is 11.1 Å². The SMILES string of the molecule is CNC(C)(CCN(CC(C)C)C1CCCC1)C(N)=O. The van der Waals surface area contributed by atoms with Crippen LogP contribution in [0.1, 0.15) is 52.9 Å². The van der Waals surface area contributed by atoms with Crippen molar-refractivity contribution in [2.75, 3.05) is 20.1 Å². The van der Waals surface area contributed by atoms with Crippen molar-refractivity contribution in [1.82, 2.24) is 10.2 Å². The van der Waals surface area contributed by atoms with Gasteiger partial charge in [-0.2, -0.15) is 0 Å².